The Morgan fingerprint density at radius 3 is 2.64 bits per heavy atom. The molecule has 170 valence electrons. The van der Waals surface area contributed by atoms with E-state index >= 15 is 0 Å². The van der Waals surface area contributed by atoms with Crippen molar-refractivity contribution in [3.8, 4) is 0 Å². The maximum Gasteiger partial charge on any atom is 0.338 e. The number of aromatic nitrogens is 4. The molecule has 2 aromatic heterocycles. The van der Waals surface area contributed by atoms with Gasteiger partial charge in [0, 0.05) is 18.6 Å². The van der Waals surface area contributed by atoms with Crippen LogP contribution in [-0.4, -0.2) is 40.6 Å². The van der Waals surface area contributed by atoms with Gasteiger partial charge in [0.15, 0.2) is 5.03 Å². The topological polar surface area (TPSA) is 113 Å². The Morgan fingerprint density at radius 1 is 1.15 bits per heavy atom. The lowest BCUT2D eigenvalue weighted by Gasteiger charge is -2.13. The van der Waals surface area contributed by atoms with E-state index in [1.54, 1.807) is 32.3 Å². The van der Waals surface area contributed by atoms with Gasteiger partial charge in [0.25, 0.3) is 5.56 Å². The molecule has 0 unspecified atom stereocenters. The number of esters is 1. The number of ether oxygens (including phenoxy) is 1. The van der Waals surface area contributed by atoms with Gasteiger partial charge in [-0.15, -0.1) is 0 Å². The first-order chi connectivity index (χ1) is 15.7. The van der Waals surface area contributed by atoms with Crippen molar-refractivity contribution in [3.05, 3.63) is 81.9 Å². The third-order valence-corrected chi connectivity index (χ3v) is 6.96. The third-order valence-electron chi connectivity index (χ3n) is 5.31. The molecule has 4 aromatic rings. The maximum atomic E-state index is 13.1. The number of carbonyl (C=O) groups is 1. The molecule has 0 atom stereocenters. The second kappa shape index (κ2) is 8.62. The minimum atomic E-state index is -3.83. The van der Waals surface area contributed by atoms with E-state index in [0.29, 0.717) is 21.9 Å². The summed E-state index contributed by atoms with van der Waals surface area (Å²) in [4.78, 5) is 25.5. The van der Waals surface area contributed by atoms with E-state index in [1.165, 1.54) is 39.8 Å². The van der Waals surface area contributed by atoms with Crippen molar-refractivity contribution in [1.82, 2.24) is 19.6 Å². The summed E-state index contributed by atoms with van der Waals surface area (Å²) in [5, 5.41) is 8.83. The summed E-state index contributed by atoms with van der Waals surface area (Å²) < 4.78 is 33.5. The van der Waals surface area contributed by atoms with E-state index in [9.17, 15) is 18.0 Å². The lowest BCUT2D eigenvalue weighted by Crippen LogP contribution is -2.25. The minimum absolute atomic E-state index is 0.0242. The normalized spacial score (nSPS) is 11.6. The number of hydrogen-bond acceptors (Lipinski definition) is 7. The molecule has 0 fully saturated rings. The highest BCUT2D eigenvalue weighted by Gasteiger charge is 2.22. The lowest BCUT2D eigenvalue weighted by atomic mass is 10.0. The van der Waals surface area contributed by atoms with Gasteiger partial charge < -0.3 is 4.74 Å². The van der Waals surface area contributed by atoms with Crippen LogP contribution in [0.2, 0.25) is 0 Å². The van der Waals surface area contributed by atoms with Gasteiger partial charge >= 0.3 is 5.97 Å². The van der Waals surface area contributed by atoms with E-state index in [-0.39, 0.29) is 23.1 Å². The van der Waals surface area contributed by atoms with Crippen LogP contribution in [-0.2, 0) is 28.2 Å². The monoisotopic (exact) mass is 466 g/mol. The van der Waals surface area contributed by atoms with Gasteiger partial charge in [-0.3, -0.25) is 9.48 Å². The zero-order valence-electron chi connectivity index (χ0n) is 18.3. The molecule has 10 heteroatoms. The number of carbonyl (C=O) groups excluding carboxylic acids is 1. The summed E-state index contributed by atoms with van der Waals surface area (Å²) in [6.07, 6.45) is 2.99. The zero-order chi connectivity index (χ0) is 23.8. The summed E-state index contributed by atoms with van der Waals surface area (Å²) in [7, 11) is -2.19. The summed E-state index contributed by atoms with van der Waals surface area (Å²) in [5.41, 5.74) is 1.44. The largest absolute Gasteiger partial charge is 0.462 e. The van der Waals surface area contributed by atoms with Crippen molar-refractivity contribution in [3.63, 3.8) is 0 Å². The quantitative estimate of drug-likeness (QED) is 0.401. The molecule has 9 nitrogen and oxygen atoms in total. The molecule has 0 radical (unpaired) electrons. The second-order valence-electron chi connectivity index (χ2n) is 7.51. The molecule has 0 amide bonds. The highest BCUT2D eigenvalue weighted by Crippen LogP contribution is 2.22. The summed E-state index contributed by atoms with van der Waals surface area (Å²) in [5.74, 6) is -0.464. The molecular weight excluding hydrogens is 444 g/mol. The number of benzene rings is 2. The fourth-order valence-electron chi connectivity index (χ4n) is 3.57. The molecule has 2 aromatic carbocycles. The van der Waals surface area contributed by atoms with Gasteiger partial charge in [0.2, 0.25) is 9.84 Å². The van der Waals surface area contributed by atoms with E-state index in [2.05, 4.69) is 10.2 Å². The number of sulfone groups is 1. The number of fused-ring (bicyclic) bond motifs is 1. The molecule has 0 aliphatic rings. The Kier molecular flexibility index (Phi) is 5.86. The van der Waals surface area contributed by atoms with Crippen molar-refractivity contribution in [1.29, 1.82) is 0 Å². The number of nitrogens with zero attached hydrogens (tertiary/aromatic N) is 4. The molecular formula is C23H22N4O5S. The van der Waals surface area contributed by atoms with Gasteiger partial charge in [0.05, 0.1) is 35.2 Å². The van der Waals surface area contributed by atoms with Crippen molar-refractivity contribution in [2.45, 2.75) is 30.3 Å². The van der Waals surface area contributed by atoms with Crippen molar-refractivity contribution < 1.29 is 17.9 Å². The fourth-order valence-corrected chi connectivity index (χ4v) is 4.81. The Balaban J connectivity index is 1.75. The van der Waals surface area contributed by atoms with Crippen LogP contribution >= 0.6 is 0 Å². The molecule has 0 spiro atoms. The zero-order valence-corrected chi connectivity index (χ0v) is 19.2. The van der Waals surface area contributed by atoms with Crippen LogP contribution < -0.4 is 5.56 Å². The SMILES string of the molecule is CCOC(=O)c1cccc(C)c1Cn1ncc2cc(S(=O)(=O)c3ccn(C)n3)ccc2c1=O. The van der Waals surface area contributed by atoms with E-state index < -0.39 is 21.4 Å². The van der Waals surface area contributed by atoms with Gasteiger partial charge in [-0.2, -0.15) is 10.2 Å². The van der Waals surface area contributed by atoms with E-state index in [4.69, 9.17) is 4.74 Å². The standard InChI is InChI=1S/C23H22N4O5S/c1-4-32-23(29)19-7-5-6-15(2)20(19)14-27-22(28)18-9-8-17(12-16(18)13-24-27)33(30,31)21-10-11-26(3)25-21/h5-13H,4,14H2,1-3H3. The Morgan fingerprint density at radius 2 is 1.94 bits per heavy atom. The average molecular weight is 467 g/mol. The van der Waals surface area contributed by atoms with Gasteiger partial charge in [-0.1, -0.05) is 12.1 Å². The van der Waals surface area contributed by atoms with Crippen LogP contribution in [0.4, 0.5) is 0 Å². The van der Waals surface area contributed by atoms with E-state index in [1.807, 2.05) is 13.0 Å². The van der Waals surface area contributed by atoms with Crippen LogP contribution in [0.25, 0.3) is 10.8 Å². The molecule has 0 N–H and O–H groups in total. The first-order valence-corrected chi connectivity index (χ1v) is 11.7. The second-order valence-corrected chi connectivity index (χ2v) is 9.41. The first-order valence-electron chi connectivity index (χ1n) is 10.2. The molecule has 0 aliphatic carbocycles. The van der Waals surface area contributed by atoms with Gasteiger partial charge in [-0.25, -0.2) is 17.9 Å². The lowest BCUT2D eigenvalue weighted by molar-refractivity contribution is 0.0524. The predicted molar refractivity (Wildman–Crippen MR) is 121 cm³/mol. The van der Waals surface area contributed by atoms with Crippen LogP contribution in [0, 0.1) is 6.92 Å². The molecule has 0 aliphatic heterocycles. The van der Waals surface area contributed by atoms with Crippen LogP contribution in [0.15, 0.2) is 69.6 Å². The highest BCUT2D eigenvalue weighted by molar-refractivity contribution is 7.91. The smallest absolute Gasteiger partial charge is 0.338 e. The molecule has 33 heavy (non-hydrogen) atoms. The summed E-state index contributed by atoms with van der Waals surface area (Å²) >= 11 is 0. The van der Waals surface area contributed by atoms with Gasteiger partial charge in [-0.05, 0) is 55.3 Å². The van der Waals surface area contributed by atoms with Crippen LogP contribution in [0.5, 0.6) is 0 Å². The minimum Gasteiger partial charge on any atom is -0.462 e. The predicted octanol–water partition coefficient (Wildman–Crippen LogP) is 2.50. The van der Waals surface area contributed by atoms with Crippen molar-refractivity contribution in [2.75, 3.05) is 6.61 Å². The average Bonchev–Trinajstić information content (AvgIpc) is 3.24. The summed E-state index contributed by atoms with van der Waals surface area (Å²) in [6, 6.07) is 10.9. The molecule has 0 saturated heterocycles. The number of hydrogen-bond donors (Lipinski definition) is 0. The Labute approximate surface area is 190 Å². The molecule has 0 bridgehead atoms. The number of aryl methyl sites for hydroxylation is 2. The Bertz CT molecular complexity index is 1540. The maximum absolute atomic E-state index is 13.1. The molecule has 4 rings (SSSR count). The molecule has 0 saturated carbocycles. The van der Waals surface area contributed by atoms with Gasteiger partial charge in [0.1, 0.15) is 0 Å². The summed E-state index contributed by atoms with van der Waals surface area (Å²) in [6.45, 7) is 3.89. The van der Waals surface area contributed by atoms with Crippen LogP contribution in [0.3, 0.4) is 0 Å². The van der Waals surface area contributed by atoms with E-state index in [0.717, 1.165) is 5.56 Å². The first kappa shape index (κ1) is 22.4. The van der Waals surface area contributed by atoms with Crippen molar-refractivity contribution in [2.24, 2.45) is 7.05 Å². The number of rotatable bonds is 6. The third kappa shape index (κ3) is 4.17. The van der Waals surface area contributed by atoms with Crippen molar-refractivity contribution >= 4 is 26.6 Å². The highest BCUT2D eigenvalue weighted by atomic mass is 32.2. The fraction of sp³-hybridized carbons (Fsp3) is 0.217. The van der Waals surface area contributed by atoms with Crippen LogP contribution in [0.1, 0.15) is 28.4 Å². The molecule has 2 heterocycles. The Hall–Kier alpha value is -3.79.